The van der Waals surface area contributed by atoms with E-state index in [0.717, 1.165) is 0 Å². The van der Waals surface area contributed by atoms with Crippen molar-refractivity contribution in [2.24, 2.45) is 0 Å². The summed E-state index contributed by atoms with van der Waals surface area (Å²) in [6, 6.07) is 17.4. The van der Waals surface area contributed by atoms with Crippen molar-refractivity contribution in [3.05, 3.63) is 77.1 Å². The molecule has 0 aliphatic carbocycles. The summed E-state index contributed by atoms with van der Waals surface area (Å²) in [5, 5.41) is 12.1. The van der Waals surface area contributed by atoms with Gasteiger partial charge in [0.15, 0.2) is 0 Å². The lowest BCUT2D eigenvalue weighted by molar-refractivity contribution is -0.112. The number of rotatable bonds is 7. The molecule has 0 aliphatic heterocycles. The largest absolute Gasteiger partial charge is 0.494 e. The van der Waals surface area contributed by atoms with E-state index in [4.69, 9.17) is 13.9 Å². The topological polar surface area (TPSA) is 102 Å². The fraction of sp³-hybridized carbons (Fsp3) is 0.160. The van der Waals surface area contributed by atoms with E-state index in [0.29, 0.717) is 46.3 Å². The average Bonchev–Trinajstić information content (AvgIpc) is 3.27. The van der Waals surface area contributed by atoms with Gasteiger partial charge in [0.05, 0.1) is 19.3 Å². The minimum atomic E-state index is -0.557. The zero-order chi connectivity index (χ0) is 23.1. The van der Waals surface area contributed by atoms with Crippen molar-refractivity contribution < 1.29 is 23.5 Å². The Hall–Kier alpha value is -4.31. The first-order valence-electron chi connectivity index (χ1n) is 9.91. The fourth-order valence-corrected chi connectivity index (χ4v) is 3.10. The summed E-state index contributed by atoms with van der Waals surface area (Å²) >= 11 is 0. The van der Waals surface area contributed by atoms with E-state index >= 15 is 0 Å². The SMILES string of the molecule is CCOc1ccc(NC(=O)/C(C#N)=C\c2ccc(-c3cccc(C(=O)OC)c3C)o2)cc1. The number of carbonyl (C=O) groups is 2. The van der Waals surface area contributed by atoms with Gasteiger partial charge in [0.25, 0.3) is 5.91 Å². The van der Waals surface area contributed by atoms with Crippen LogP contribution in [-0.4, -0.2) is 25.6 Å². The molecular weight excluding hydrogens is 408 g/mol. The second kappa shape index (κ2) is 10.1. The van der Waals surface area contributed by atoms with Crippen LogP contribution in [0.1, 0.15) is 28.6 Å². The number of ether oxygens (including phenoxy) is 2. The molecule has 0 aliphatic rings. The number of nitrogens with zero attached hydrogens (tertiary/aromatic N) is 1. The van der Waals surface area contributed by atoms with Crippen LogP contribution >= 0.6 is 0 Å². The maximum atomic E-state index is 12.5. The van der Waals surface area contributed by atoms with Crippen molar-refractivity contribution in [3.63, 3.8) is 0 Å². The van der Waals surface area contributed by atoms with Crippen molar-refractivity contribution in [2.75, 3.05) is 19.0 Å². The molecule has 0 atom stereocenters. The average molecular weight is 430 g/mol. The molecule has 0 radical (unpaired) electrons. The van der Waals surface area contributed by atoms with Gasteiger partial charge in [-0.3, -0.25) is 4.79 Å². The van der Waals surface area contributed by atoms with Gasteiger partial charge in [-0.05, 0) is 61.9 Å². The van der Waals surface area contributed by atoms with Crippen molar-refractivity contribution in [1.29, 1.82) is 5.26 Å². The smallest absolute Gasteiger partial charge is 0.338 e. The molecule has 2 aromatic carbocycles. The van der Waals surface area contributed by atoms with Gasteiger partial charge in [0.2, 0.25) is 0 Å². The Kier molecular flexibility index (Phi) is 7.09. The highest BCUT2D eigenvalue weighted by Gasteiger charge is 2.16. The molecule has 162 valence electrons. The molecule has 0 fully saturated rings. The summed E-state index contributed by atoms with van der Waals surface area (Å²) in [4.78, 5) is 24.4. The van der Waals surface area contributed by atoms with E-state index in [9.17, 15) is 14.9 Å². The summed E-state index contributed by atoms with van der Waals surface area (Å²) < 4.78 is 16.0. The molecule has 1 aromatic heterocycles. The number of nitrogens with one attached hydrogen (secondary N) is 1. The molecule has 7 heteroatoms. The van der Waals surface area contributed by atoms with Gasteiger partial charge in [-0.2, -0.15) is 5.26 Å². The van der Waals surface area contributed by atoms with Crippen LogP contribution in [-0.2, 0) is 9.53 Å². The predicted octanol–water partition coefficient (Wildman–Crippen LogP) is 4.99. The van der Waals surface area contributed by atoms with Crippen LogP contribution in [0.2, 0.25) is 0 Å². The van der Waals surface area contributed by atoms with E-state index in [-0.39, 0.29) is 5.57 Å². The molecule has 0 bridgehead atoms. The summed E-state index contributed by atoms with van der Waals surface area (Å²) in [7, 11) is 1.33. The number of hydrogen-bond acceptors (Lipinski definition) is 6. The highest BCUT2D eigenvalue weighted by Crippen LogP contribution is 2.29. The number of carbonyl (C=O) groups excluding carboxylic acids is 2. The van der Waals surface area contributed by atoms with Gasteiger partial charge in [-0.1, -0.05) is 12.1 Å². The first-order valence-corrected chi connectivity index (χ1v) is 9.91. The Morgan fingerprint density at radius 1 is 1.12 bits per heavy atom. The van der Waals surface area contributed by atoms with Crippen LogP contribution in [0.25, 0.3) is 17.4 Å². The number of methoxy groups -OCH3 is 1. The Morgan fingerprint density at radius 3 is 2.53 bits per heavy atom. The zero-order valence-corrected chi connectivity index (χ0v) is 18.0. The second-order valence-corrected chi connectivity index (χ2v) is 6.75. The third-order valence-corrected chi connectivity index (χ3v) is 4.71. The summed E-state index contributed by atoms with van der Waals surface area (Å²) in [6.07, 6.45) is 1.37. The van der Waals surface area contributed by atoms with Crippen LogP contribution < -0.4 is 10.1 Å². The lowest BCUT2D eigenvalue weighted by Gasteiger charge is -2.08. The molecule has 1 heterocycles. The second-order valence-electron chi connectivity index (χ2n) is 6.75. The monoisotopic (exact) mass is 430 g/mol. The third kappa shape index (κ3) is 5.05. The van der Waals surface area contributed by atoms with E-state index in [1.165, 1.54) is 13.2 Å². The quantitative estimate of drug-likeness (QED) is 0.322. The maximum absolute atomic E-state index is 12.5. The van der Waals surface area contributed by atoms with E-state index in [2.05, 4.69) is 5.32 Å². The number of anilines is 1. The Labute approximate surface area is 185 Å². The molecule has 0 saturated heterocycles. The number of furan rings is 1. The molecule has 1 N–H and O–H groups in total. The van der Waals surface area contributed by atoms with Crippen LogP contribution in [0.15, 0.2) is 64.6 Å². The van der Waals surface area contributed by atoms with Gasteiger partial charge in [-0.15, -0.1) is 0 Å². The first kappa shape index (κ1) is 22.4. The highest BCUT2D eigenvalue weighted by molar-refractivity contribution is 6.09. The Bertz CT molecular complexity index is 1200. The standard InChI is InChI=1S/C25H22N2O5/c1-4-31-19-10-8-18(9-11-19)27-24(28)17(15-26)14-20-12-13-23(32-20)21-6-5-7-22(16(21)2)25(29)30-3/h5-14H,4H2,1-3H3,(H,27,28)/b17-14-. The molecular formula is C25H22N2O5. The third-order valence-electron chi connectivity index (χ3n) is 4.71. The van der Waals surface area contributed by atoms with Gasteiger partial charge >= 0.3 is 5.97 Å². The number of nitriles is 1. The number of esters is 1. The minimum Gasteiger partial charge on any atom is -0.494 e. The van der Waals surface area contributed by atoms with Crippen molar-refractivity contribution >= 4 is 23.6 Å². The number of hydrogen-bond donors (Lipinski definition) is 1. The minimum absolute atomic E-state index is 0.111. The summed E-state index contributed by atoms with van der Waals surface area (Å²) in [5.74, 6) is 0.536. The number of benzene rings is 2. The molecule has 3 aromatic rings. The van der Waals surface area contributed by atoms with Crippen molar-refractivity contribution in [2.45, 2.75) is 13.8 Å². The lowest BCUT2D eigenvalue weighted by Crippen LogP contribution is -2.13. The van der Waals surface area contributed by atoms with Crippen molar-refractivity contribution in [1.82, 2.24) is 0 Å². The van der Waals surface area contributed by atoms with Crippen LogP contribution in [0.5, 0.6) is 5.75 Å². The summed E-state index contributed by atoms with van der Waals surface area (Å²) in [5.41, 5.74) is 2.28. The van der Waals surface area contributed by atoms with E-state index in [1.54, 1.807) is 55.5 Å². The zero-order valence-electron chi connectivity index (χ0n) is 18.0. The highest BCUT2D eigenvalue weighted by atomic mass is 16.5. The van der Waals surface area contributed by atoms with Gasteiger partial charge in [-0.25, -0.2) is 4.79 Å². The normalized spacial score (nSPS) is 10.9. The fourth-order valence-electron chi connectivity index (χ4n) is 3.10. The lowest BCUT2D eigenvalue weighted by atomic mass is 10.0. The van der Waals surface area contributed by atoms with Crippen LogP contribution in [0.3, 0.4) is 0 Å². The molecule has 32 heavy (non-hydrogen) atoms. The van der Waals surface area contributed by atoms with Crippen LogP contribution in [0.4, 0.5) is 5.69 Å². The van der Waals surface area contributed by atoms with Crippen molar-refractivity contribution in [3.8, 4) is 23.1 Å². The molecule has 7 nitrogen and oxygen atoms in total. The predicted molar refractivity (Wildman–Crippen MR) is 120 cm³/mol. The molecule has 0 unspecified atom stereocenters. The van der Waals surface area contributed by atoms with E-state index in [1.807, 2.05) is 19.1 Å². The molecule has 1 amide bonds. The maximum Gasteiger partial charge on any atom is 0.338 e. The number of amides is 1. The molecule has 0 saturated carbocycles. The first-order chi connectivity index (χ1) is 15.5. The summed E-state index contributed by atoms with van der Waals surface area (Å²) in [6.45, 7) is 4.23. The van der Waals surface area contributed by atoms with Gasteiger partial charge < -0.3 is 19.2 Å². The van der Waals surface area contributed by atoms with Crippen LogP contribution in [0, 0.1) is 18.3 Å². The molecule has 0 spiro atoms. The molecule has 3 rings (SSSR count). The van der Waals surface area contributed by atoms with Gasteiger partial charge in [0.1, 0.15) is 28.9 Å². The van der Waals surface area contributed by atoms with E-state index < -0.39 is 11.9 Å². The Morgan fingerprint density at radius 2 is 1.88 bits per heavy atom. The van der Waals surface area contributed by atoms with Gasteiger partial charge in [0, 0.05) is 17.3 Å². The Balaban J connectivity index is 1.80.